The summed E-state index contributed by atoms with van der Waals surface area (Å²) in [5.41, 5.74) is 2.93. The summed E-state index contributed by atoms with van der Waals surface area (Å²) < 4.78 is 34.1. The molecule has 4 aromatic carbocycles. The molecule has 1 aliphatic heterocycles. The van der Waals surface area contributed by atoms with Gasteiger partial charge in [-0.05, 0) is 57.4 Å². The van der Waals surface area contributed by atoms with Gasteiger partial charge in [0, 0.05) is 21.9 Å². The van der Waals surface area contributed by atoms with Crippen LogP contribution in [0, 0.1) is 5.82 Å². The Kier molecular flexibility index (Phi) is 5.82. The number of para-hydroxylation sites is 1. The Hall–Kier alpha value is -4.40. The second-order valence-electron chi connectivity index (χ2n) is 11.3. The van der Waals surface area contributed by atoms with Gasteiger partial charge in [0.2, 0.25) is 0 Å². The van der Waals surface area contributed by atoms with Gasteiger partial charge in [0.25, 0.3) is 0 Å². The molecule has 0 unspecified atom stereocenters. The Labute approximate surface area is 237 Å². The fourth-order valence-corrected chi connectivity index (χ4v) is 5.13. The monoisotopic (exact) mass is 543 g/mol. The van der Waals surface area contributed by atoms with Crippen LogP contribution < -0.4 is 5.46 Å². The lowest BCUT2D eigenvalue weighted by Gasteiger charge is -2.32. The predicted molar refractivity (Wildman–Crippen MR) is 159 cm³/mol. The highest BCUT2D eigenvalue weighted by Gasteiger charge is 2.51. The van der Waals surface area contributed by atoms with E-state index in [1.54, 1.807) is 12.1 Å². The number of aromatic nitrogens is 3. The van der Waals surface area contributed by atoms with E-state index in [2.05, 4.69) is 0 Å². The first-order valence-corrected chi connectivity index (χ1v) is 13.6. The predicted octanol–water partition coefficient (Wildman–Crippen LogP) is 7.21. The third-order valence-electron chi connectivity index (χ3n) is 8.07. The zero-order chi connectivity index (χ0) is 28.4. The Morgan fingerprint density at radius 1 is 0.634 bits per heavy atom. The largest absolute Gasteiger partial charge is 0.494 e. The van der Waals surface area contributed by atoms with Gasteiger partial charge in [-0.15, -0.1) is 0 Å². The van der Waals surface area contributed by atoms with Gasteiger partial charge in [-0.1, -0.05) is 66.7 Å². The number of rotatable bonds is 4. The minimum absolute atomic E-state index is 0.217. The third kappa shape index (κ3) is 4.31. The van der Waals surface area contributed by atoms with Gasteiger partial charge >= 0.3 is 7.12 Å². The van der Waals surface area contributed by atoms with Gasteiger partial charge in [0.1, 0.15) is 17.0 Å². The van der Waals surface area contributed by atoms with E-state index < -0.39 is 24.1 Å². The molecule has 1 aliphatic rings. The Bertz CT molecular complexity index is 1920. The smallest absolute Gasteiger partial charge is 0.456 e. The highest BCUT2D eigenvalue weighted by Crippen LogP contribution is 2.38. The third-order valence-corrected chi connectivity index (χ3v) is 8.07. The molecule has 41 heavy (non-hydrogen) atoms. The second kappa shape index (κ2) is 9.33. The van der Waals surface area contributed by atoms with Gasteiger partial charge in [-0.25, -0.2) is 19.3 Å². The van der Waals surface area contributed by atoms with Crippen molar-refractivity contribution in [3.05, 3.63) is 96.8 Å². The van der Waals surface area contributed by atoms with Crippen molar-refractivity contribution in [2.75, 3.05) is 0 Å². The topological polar surface area (TPSA) is 70.3 Å². The second-order valence-corrected chi connectivity index (χ2v) is 11.3. The first-order valence-electron chi connectivity index (χ1n) is 13.6. The van der Waals surface area contributed by atoms with Crippen molar-refractivity contribution in [3.63, 3.8) is 0 Å². The fraction of sp³-hybridized carbons (Fsp3) is 0.182. The van der Waals surface area contributed by atoms with Crippen LogP contribution in [0.1, 0.15) is 27.7 Å². The highest BCUT2D eigenvalue weighted by molar-refractivity contribution is 6.62. The number of furan rings is 1. The van der Waals surface area contributed by atoms with E-state index in [1.165, 1.54) is 6.07 Å². The van der Waals surface area contributed by atoms with Crippen molar-refractivity contribution >= 4 is 34.5 Å². The van der Waals surface area contributed by atoms with Crippen LogP contribution in [0.25, 0.3) is 56.1 Å². The molecule has 7 rings (SSSR count). The van der Waals surface area contributed by atoms with Crippen LogP contribution in [0.2, 0.25) is 0 Å². The van der Waals surface area contributed by atoms with Gasteiger partial charge in [0.05, 0.1) is 16.8 Å². The van der Waals surface area contributed by atoms with Gasteiger partial charge < -0.3 is 13.7 Å². The van der Waals surface area contributed by atoms with Crippen molar-refractivity contribution in [1.29, 1.82) is 0 Å². The van der Waals surface area contributed by atoms with Gasteiger partial charge in [-0.3, -0.25) is 0 Å². The molecule has 0 saturated carbocycles. The van der Waals surface area contributed by atoms with Gasteiger partial charge in [-0.2, -0.15) is 0 Å². The number of nitrogens with zero attached hydrogens (tertiary/aromatic N) is 3. The number of hydrogen-bond acceptors (Lipinski definition) is 6. The number of halogens is 1. The maximum Gasteiger partial charge on any atom is 0.494 e. The van der Waals surface area contributed by atoms with E-state index in [4.69, 9.17) is 28.7 Å². The Balaban J connectivity index is 1.43. The summed E-state index contributed by atoms with van der Waals surface area (Å²) in [6.45, 7) is 7.95. The molecule has 0 atom stereocenters. The van der Waals surface area contributed by atoms with E-state index in [0.29, 0.717) is 17.1 Å². The van der Waals surface area contributed by atoms with Crippen LogP contribution in [0.4, 0.5) is 4.39 Å². The minimum Gasteiger partial charge on any atom is -0.456 e. The average molecular weight is 543 g/mol. The maximum atomic E-state index is 15.5. The molecule has 0 aliphatic carbocycles. The molecular formula is C33H27BFN3O3. The molecule has 0 N–H and O–H groups in total. The lowest BCUT2D eigenvalue weighted by Crippen LogP contribution is -2.41. The minimum atomic E-state index is -0.653. The summed E-state index contributed by atoms with van der Waals surface area (Å²) in [7, 11) is -0.653. The Morgan fingerprint density at radius 3 is 2.02 bits per heavy atom. The summed E-state index contributed by atoms with van der Waals surface area (Å²) in [6.07, 6.45) is 0. The molecule has 1 saturated heterocycles. The molecule has 0 amide bonds. The molecule has 0 spiro atoms. The van der Waals surface area contributed by atoms with Crippen LogP contribution in [-0.2, 0) is 9.31 Å². The zero-order valence-electron chi connectivity index (χ0n) is 23.2. The molecule has 0 radical (unpaired) electrons. The van der Waals surface area contributed by atoms with Crippen LogP contribution in [-0.4, -0.2) is 33.3 Å². The number of fused-ring (bicyclic) bond motifs is 3. The molecule has 2 aromatic heterocycles. The first kappa shape index (κ1) is 25.6. The number of benzene rings is 4. The normalized spacial score (nSPS) is 16.1. The Morgan fingerprint density at radius 2 is 1.27 bits per heavy atom. The zero-order valence-corrected chi connectivity index (χ0v) is 23.2. The SMILES string of the molecule is CC1(C)OB(c2ccc(F)c(-c3nc(-c4ccccc4)nc(-c4cccc5oc6ccccc6c45)n3)c2)OC1(C)C. The van der Waals surface area contributed by atoms with E-state index in [9.17, 15) is 0 Å². The number of hydrogen-bond donors (Lipinski definition) is 0. The molecule has 6 nitrogen and oxygen atoms in total. The molecular weight excluding hydrogens is 516 g/mol. The highest BCUT2D eigenvalue weighted by atomic mass is 19.1. The van der Waals surface area contributed by atoms with Crippen molar-refractivity contribution in [2.45, 2.75) is 38.9 Å². The van der Waals surface area contributed by atoms with E-state index in [0.717, 1.165) is 33.1 Å². The molecule has 0 bridgehead atoms. The van der Waals surface area contributed by atoms with E-state index in [1.807, 2.05) is 100 Å². The maximum absolute atomic E-state index is 15.5. The molecule has 202 valence electrons. The standard InChI is InChI=1S/C33H27BFN3O3/c1-32(2)33(3,4)41-34(40-32)21-17-18-25(35)24(19-21)31-37-29(20-11-6-5-7-12-20)36-30(38-31)23-14-10-16-27-28(23)22-13-8-9-15-26(22)39-27/h5-19H,1-4H3. The van der Waals surface area contributed by atoms with Crippen LogP contribution in [0.5, 0.6) is 0 Å². The molecule has 6 aromatic rings. The van der Waals surface area contributed by atoms with E-state index in [-0.39, 0.29) is 11.4 Å². The summed E-state index contributed by atoms with van der Waals surface area (Å²) in [4.78, 5) is 14.5. The summed E-state index contributed by atoms with van der Waals surface area (Å²) >= 11 is 0. The quantitative estimate of drug-likeness (QED) is 0.219. The van der Waals surface area contributed by atoms with Crippen molar-refractivity contribution in [1.82, 2.24) is 15.0 Å². The fourth-order valence-electron chi connectivity index (χ4n) is 5.13. The van der Waals surface area contributed by atoms with Crippen LogP contribution >= 0.6 is 0 Å². The molecule has 3 heterocycles. The van der Waals surface area contributed by atoms with E-state index >= 15 is 4.39 Å². The summed E-state index contributed by atoms with van der Waals surface area (Å²) in [6, 6.07) is 28.1. The van der Waals surface area contributed by atoms with Crippen molar-refractivity contribution in [2.24, 2.45) is 0 Å². The average Bonchev–Trinajstić information content (AvgIpc) is 3.46. The van der Waals surface area contributed by atoms with Gasteiger partial charge in [0.15, 0.2) is 17.5 Å². The van der Waals surface area contributed by atoms with Crippen molar-refractivity contribution in [3.8, 4) is 34.2 Å². The summed E-state index contributed by atoms with van der Waals surface area (Å²) in [5, 5.41) is 1.85. The molecule has 1 fully saturated rings. The lowest BCUT2D eigenvalue weighted by molar-refractivity contribution is 0.00578. The van der Waals surface area contributed by atoms with Crippen LogP contribution in [0.15, 0.2) is 95.4 Å². The van der Waals surface area contributed by atoms with Crippen LogP contribution in [0.3, 0.4) is 0 Å². The molecule has 8 heteroatoms. The lowest BCUT2D eigenvalue weighted by atomic mass is 9.78. The first-order chi connectivity index (χ1) is 19.7. The summed E-state index contributed by atoms with van der Waals surface area (Å²) in [5.74, 6) is 0.630. The van der Waals surface area contributed by atoms with Crippen molar-refractivity contribution < 1.29 is 18.1 Å².